The molecule has 3 heterocycles. The predicted octanol–water partition coefficient (Wildman–Crippen LogP) is 15.1. The van der Waals surface area contributed by atoms with Crippen LogP contribution < -0.4 is 0 Å². The van der Waals surface area contributed by atoms with Crippen LogP contribution in [0.4, 0.5) is 0 Å². The molecule has 0 fully saturated rings. The van der Waals surface area contributed by atoms with Crippen molar-refractivity contribution in [2.24, 2.45) is 16.7 Å². The molecular weight excluding hydrogens is 887 g/mol. The zero-order chi connectivity index (χ0) is 40.5. The van der Waals surface area contributed by atoms with E-state index in [1.165, 1.54) is 54.9 Å². The first kappa shape index (κ1) is 45.1. The van der Waals surface area contributed by atoms with E-state index in [4.69, 9.17) is 9.40 Å². The van der Waals surface area contributed by atoms with Gasteiger partial charge in [0, 0.05) is 58.4 Å². The maximum Gasteiger partial charge on any atom is 0.164 e. The monoisotopic (exact) mass is 949 g/mol. The molecule has 0 atom stereocenters. The van der Waals surface area contributed by atoms with Crippen LogP contribution in [-0.2, 0) is 36.7 Å². The van der Waals surface area contributed by atoms with Crippen LogP contribution in [0.25, 0.3) is 54.3 Å². The van der Waals surface area contributed by atoms with Crippen LogP contribution in [0.3, 0.4) is 0 Å². The number of furan rings is 1. The molecule has 0 aliphatic rings. The van der Waals surface area contributed by atoms with Crippen molar-refractivity contribution in [3.8, 4) is 22.4 Å². The second-order valence-corrected chi connectivity index (χ2v) is 18.6. The van der Waals surface area contributed by atoms with Crippen LogP contribution >= 0.6 is 11.3 Å². The molecule has 56 heavy (non-hydrogen) atoms. The number of rotatable bonds is 11. The summed E-state index contributed by atoms with van der Waals surface area (Å²) in [5, 5.41) is 14.9. The Hall–Kier alpha value is -3.57. The number of hydrogen-bond donors (Lipinski definition) is 1. The normalized spacial score (nSPS) is 12.6. The number of ketones is 1. The van der Waals surface area contributed by atoms with Crippen molar-refractivity contribution in [3.05, 3.63) is 100 Å². The molecule has 0 bridgehead atoms. The molecule has 1 radical (unpaired) electrons. The molecule has 3 aromatic heterocycles. The number of fused-ring (bicyclic) bond motifs is 3. The largest absolute Gasteiger partial charge is 0.512 e. The standard InChI is InChI=1S/C35H34NOS.C15H28O2.Ir/c1-20(2)16-24-12-13-27(28-14-15-37-33(24)28)29-19-31(36-34-32(29)21(3)22(4)38-34)25-17-23-10-8-9-11-26(23)30(18-25)35(5,6)7;1-7-14(5,8-2)12(16)11-13(17)15(6,9-3)10-4;/h8-15,18-20H,16H2,1-7H3;11,16H,7-10H2,1-6H3;/q-1;;/b;12-11-;. The Morgan fingerprint density at radius 1 is 0.875 bits per heavy atom. The zero-order valence-electron chi connectivity index (χ0n) is 35.9. The molecule has 301 valence electrons. The van der Waals surface area contributed by atoms with E-state index < -0.39 is 0 Å². The molecule has 0 aliphatic carbocycles. The second kappa shape index (κ2) is 17.9. The Morgan fingerprint density at radius 3 is 2.12 bits per heavy atom. The number of nitrogens with zero attached hydrogens (tertiary/aromatic N) is 1. The Balaban J connectivity index is 0.000000330. The summed E-state index contributed by atoms with van der Waals surface area (Å²) < 4.78 is 6.06. The van der Waals surface area contributed by atoms with Crippen LogP contribution in [0.1, 0.15) is 123 Å². The average molecular weight is 949 g/mol. The van der Waals surface area contributed by atoms with Crippen molar-refractivity contribution < 1.29 is 34.4 Å². The summed E-state index contributed by atoms with van der Waals surface area (Å²) in [4.78, 5) is 19.8. The van der Waals surface area contributed by atoms with Crippen molar-refractivity contribution in [1.29, 1.82) is 0 Å². The number of aliphatic hydroxyl groups is 1. The summed E-state index contributed by atoms with van der Waals surface area (Å²) >= 11 is 1.78. The number of carbonyl (C=O) groups excluding carboxylic acids is 1. The average Bonchev–Trinajstić information content (AvgIpc) is 3.77. The van der Waals surface area contributed by atoms with E-state index in [9.17, 15) is 9.90 Å². The molecule has 0 unspecified atom stereocenters. The minimum Gasteiger partial charge on any atom is -0.512 e. The molecular formula is C50H62IrNO3S-. The van der Waals surface area contributed by atoms with Gasteiger partial charge in [-0.3, -0.25) is 9.78 Å². The van der Waals surface area contributed by atoms with Gasteiger partial charge in [-0.15, -0.1) is 40.5 Å². The third-order valence-corrected chi connectivity index (χ3v) is 13.3. The van der Waals surface area contributed by atoms with Crippen LogP contribution in [0.15, 0.2) is 77.1 Å². The molecule has 4 nitrogen and oxygen atoms in total. The number of pyridine rings is 1. The van der Waals surface area contributed by atoms with E-state index in [0.717, 1.165) is 59.2 Å². The van der Waals surface area contributed by atoms with Crippen molar-refractivity contribution in [3.63, 3.8) is 0 Å². The number of carbonyl (C=O) groups is 1. The first-order valence-corrected chi connectivity index (χ1v) is 21.0. The fourth-order valence-corrected chi connectivity index (χ4v) is 8.39. The van der Waals surface area contributed by atoms with E-state index in [-0.39, 0.29) is 47.9 Å². The third kappa shape index (κ3) is 9.09. The molecule has 6 rings (SSSR count). The first-order valence-electron chi connectivity index (χ1n) is 20.2. The Kier molecular flexibility index (Phi) is 14.4. The number of aliphatic hydroxyl groups excluding tert-OH is 1. The Morgan fingerprint density at radius 2 is 1.52 bits per heavy atom. The molecule has 6 aromatic rings. The Labute approximate surface area is 353 Å². The number of aromatic nitrogens is 1. The van der Waals surface area contributed by atoms with Crippen LogP contribution in [0.5, 0.6) is 0 Å². The van der Waals surface area contributed by atoms with Gasteiger partial charge in [-0.1, -0.05) is 124 Å². The van der Waals surface area contributed by atoms with Gasteiger partial charge in [0.2, 0.25) is 0 Å². The summed E-state index contributed by atoms with van der Waals surface area (Å²) in [5.41, 5.74) is 8.72. The second-order valence-electron chi connectivity index (χ2n) is 17.4. The quantitative estimate of drug-likeness (QED) is 0.0798. The number of thiophene rings is 1. The summed E-state index contributed by atoms with van der Waals surface area (Å²) in [6.07, 6.45) is 7.58. The van der Waals surface area contributed by atoms with Crippen molar-refractivity contribution >= 4 is 49.1 Å². The van der Waals surface area contributed by atoms with Gasteiger partial charge in [-0.05, 0) is 85.6 Å². The summed E-state index contributed by atoms with van der Waals surface area (Å²) in [7, 11) is 0. The van der Waals surface area contributed by atoms with Gasteiger partial charge in [0.15, 0.2) is 5.78 Å². The molecule has 6 heteroatoms. The maximum atomic E-state index is 12.2. The number of benzene rings is 3. The van der Waals surface area contributed by atoms with Gasteiger partial charge >= 0.3 is 0 Å². The third-order valence-electron chi connectivity index (χ3n) is 12.2. The summed E-state index contributed by atoms with van der Waals surface area (Å²) in [5.74, 6) is 0.851. The van der Waals surface area contributed by atoms with Crippen LogP contribution in [-0.4, -0.2) is 15.9 Å². The van der Waals surface area contributed by atoms with Gasteiger partial charge in [-0.2, -0.15) is 0 Å². The van der Waals surface area contributed by atoms with Gasteiger partial charge in [0.1, 0.15) is 16.2 Å². The number of allylic oxidation sites excluding steroid dienone is 2. The molecule has 1 N–H and O–H groups in total. The van der Waals surface area contributed by atoms with Crippen molar-refractivity contribution in [2.45, 2.75) is 128 Å². The molecule has 0 saturated heterocycles. The van der Waals surface area contributed by atoms with E-state index in [0.29, 0.717) is 5.92 Å². The Bertz CT molecular complexity index is 2340. The van der Waals surface area contributed by atoms with Gasteiger partial charge < -0.3 is 9.52 Å². The minimum absolute atomic E-state index is 0. The maximum absolute atomic E-state index is 12.2. The minimum atomic E-state index is -0.337. The first-order chi connectivity index (χ1) is 25.9. The zero-order valence-corrected chi connectivity index (χ0v) is 39.1. The number of aryl methyl sites for hydroxylation is 2. The molecule has 3 aromatic carbocycles. The number of hydrogen-bond acceptors (Lipinski definition) is 5. The van der Waals surface area contributed by atoms with Gasteiger partial charge in [0.25, 0.3) is 0 Å². The fourth-order valence-electron chi connectivity index (χ4n) is 7.33. The van der Waals surface area contributed by atoms with Gasteiger partial charge in [-0.25, -0.2) is 0 Å². The van der Waals surface area contributed by atoms with E-state index >= 15 is 0 Å². The van der Waals surface area contributed by atoms with E-state index in [2.05, 4.69) is 109 Å². The van der Waals surface area contributed by atoms with E-state index in [1.54, 1.807) is 11.3 Å². The van der Waals surface area contributed by atoms with Gasteiger partial charge in [0.05, 0.1) is 6.26 Å². The molecule has 0 amide bonds. The predicted molar refractivity (Wildman–Crippen MR) is 236 cm³/mol. The molecule has 0 aliphatic heterocycles. The topological polar surface area (TPSA) is 63.3 Å². The summed E-state index contributed by atoms with van der Waals surface area (Å²) in [6, 6.07) is 23.5. The smallest absolute Gasteiger partial charge is 0.164 e. The van der Waals surface area contributed by atoms with E-state index in [1.807, 2.05) is 47.8 Å². The summed E-state index contributed by atoms with van der Waals surface area (Å²) in [6.45, 7) is 27.8. The molecule has 0 spiro atoms. The fraction of sp³-hybridized carbons (Fsp3) is 0.440. The van der Waals surface area contributed by atoms with Crippen molar-refractivity contribution in [1.82, 2.24) is 4.98 Å². The van der Waals surface area contributed by atoms with Crippen molar-refractivity contribution in [2.75, 3.05) is 0 Å². The SMILES string of the molecule is CCC(C)(CC)C(=O)/C=C(\O)C(C)(CC)CC.Cc1sc2nc(-c3[c-]c4ccccc4c(C(C)(C)C)c3)cc(-c3ccc(CC(C)C)c4occc34)c2c1C.[Ir]. The van der Waals surface area contributed by atoms with Crippen LogP contribution in [0.2, 0.25) is 0 Å². The van der Waals surface area contributed by atoms with Crippen LogP contribution in [0, 0.1) is 36.7 Å². The molecule has 0 saturated carbocycles.